The van der Waals surface area contributed by atoms with E-state index in [4.69, 9.17) is 0 Å². The molecule has 17 heavy (non-hydrogen) atoms. The molecule has 0 unspecified atom stereocenters. The first kappa shape index (κ1) is 11.3. The molecule has 1 N–H and O–H groups in total. The molecule has 1 amide bonds. The molecule has 0 spiro atoms. The minimum Gasteiger partial charge on any atom is -0.323 e. The van der Waals surface area contributed by atoms with Gasteiger partial charge in [0.15, 0.2) is 0 Å². The fourth-order valence-electron chi connectivity index (χ4n) is 1.48. The van der Waals surface area contributed by atoms with Crippen LogP contribution in [0.4, 0.5) is 5.69 Å². The summed E-state index contributed by atoms with van der Waals surface area (Å²) in [6, 6.07) is 3.70. The third kappa shape index (κ3) is 2.90. The van der Waals surface area contributed by atoms with Crippen LogP contribution < -0.4 is 5.32 Å². The number of pyridine rings is 1. The quantitative estimate of drug-likeness (QED) is 0.874. The number of amides is 1. The van der Waals surface area contributed by atoms with Crippen LogP contribution in [0.15, 0.2) is 36.9 Å². The number of carbonyl (C=O) groups excluding carboxylic acids is 1. The Labute approximate surface area is 99.5 Å². The van der Waals surface area contributed by atoms with E-state index < -0.39 is 0 Å². The van der Waals surface area contributed by atoms with E-state index in [9.17, 15) is 4.79 Å². The molecule has 0 atom stereocenters. The minimum absolute atomic E-state index is 0.0155. The Morgan fingerprint density at radius 3 is 2.88 bits per heavy atom. The van der Waals surface area contributed by atoms with E-state index >= 15 is 0 Å². The summed E-state index contributed by atoms with van der Waals surface area (Å²) in [7, 11) is 0. The number of rotatable bonds is 4. The van der Waals surface area contributed by atoms with Crippen molar-refractivity contribution in [3.63, 3.8) is 0 Å². The van der Waals surface area contributed by atoms with Crippen LogP contribution in [0.2, 0.25) is 0 Å². The maximum atomic E-state index is 11.4. The van der Waals surface area contributed by atoms with Crippen molar-refractivity contribution >= 4 is 11.6 Å². The van der Waals surface area contributed by atoms with Crippen LogP contribution in [0.3, 0.4) is 0 Å². The Balaban J connectivity index is 2.09. The lowest BCUT2D eigenvalue weighted by molar-refractivity contribution is -0.116. The van der Waals surface area contributed by atoms with Gasteiger partial charge < -0.3 is 5.32 Å². The second kappa shape index (κ2) is 5.25. The smallest absolute Gasteiger partial charge is 0.224 e. The standard InChI is InChI=1S/C12H14N4O/c1-2-3-12(17)15-10-8-14-16(9-10)11-4-6-13-7-5-11/h4-9H,2-3H2,1H3,(H,15,17). The Kier molecular flexibility index (Phi) is 3.49. The van der Waals surface area contributed by atoms with Gasteiger partial charge in [-0.1, -0.05) is 6.92 Å². The lowest BCUT2D eigenvalue weighted by Gasteiger charge is -2.00. The number of hydrogen-bond acceptors (Lipinski definition) is 3. The van der Waals surface area contributed by atoms with E-state index in [1.807, 2.05) is 19.1 Å². The van der Waals surface area contributed by atoms with E-state index in [0.717, 1.165) is 12.1 Å². The molecule has 88 valence electrons. The van der Waals surface area contributed by atoms with Gasteiger partial charge in [0.05, 0.1) is 23.8 Å². The Hall–Kier alpha value is -2.17. The molecular formula is C12H14N4O. The highest BCUT2D eigenvalue weighted by atomic mass is 16.1. The van der Waals surface area contributed by atoms with Gasteiger partial charge in [0.25, 0.3) is 0 Å². The van der Waals surface area contributed by atoms with E-state index in [-0.39, 0.29) is 5.91 Å². The number of nitrogens with zero attached hydrogens (tertiary/aromatic N) is 3. The van der Waals surface area contributed by atoms with Gasteiger partial charge in [0.2, 0.25) is 5.91 Å². The molecule has 0 aliphatic heterocycles. The van der Waals surface area contributed by atoms with Crippen molar-refractivity contribution in [3.8, 4) is 5.69 Å². The minimum atomic E-state index is 0.0155. The summed E-state index contributed by atoms with van der Waals surface area (Å²) in [5.74, 6) is 0.0155. The normalized spacial score (nSPS) is 10.2. The average Bonchev–Trinajstić information content (AvgIpc) is 2.79. The third-order valence-corrected chi connectivity index (χ3v) is 2.27. The maximum Gasteiger partial charge on any atom is 0.224 e. The van der Waals surface area contributed by atoms with Crippen LogP contribution in [0, 0.1) is 0 Å². The summed E-state index contributed by atoms with van der Waals surface area (Å²) < 4.78 is 1.70. The lowest BCUT2D eigenvalue weighted by Crippen LogP contribution is -2.09. The van der Waals surface area contributed by atoms with Gasteiger partial charge in [-0.15, -0.1) is 0 Å². The van der Waals surface area contributed by atoms with E-state index in [2.05, 4.69) is 15.4 Å². The summed E-state index contributed by atoms with van der Waals surface area (Å²) in [6.07, 6.45) is 8.18. The monoisotopic (exact) mass is 230 g/mol. The van der Waals surface area contributed by atoms with Crippen molar-refractivity contribution in [2.45, 2.75) is 19.8 Å². The molecule has 5 nitrogen and oxygen atoms in total. The van der Waals surface area contributed by atoms with Crippen molar-refractivity contribution in [2.24, 2.45) is 0 Å². The van der Waals surface area contributed by atoms with Crippen LogP contribution in [-0.2, 0) is 4.79 Å². The molecular weight excluding hydrogens is 216 g/mol. The van der Waals surface area contributed by atoms with Crippen molar-refractivity contribution in [1.82, 2.24) is 14.8 Å². The zero-order valence-corrected chi connectivity index (χ0v) is 9.63. The molecule has 0 radical (unpaired) electrons. The number of nitrogens with one attached hydrogen (secondary N) is 1. The summed E-state index contributed by atoms with van der Waals surface area (Å²) >= 11 is 0. The molecule has 0 aromatic carbocycles. The molecule has 2 heterocycles. The topological polar surface area (TPSA) is 59.8 Å². The molecule has 2 aromatic rings. The summed E-state index contributed by atoms with van der Waals surface area (Å²) in [6.45, 7) is 1.97. The predicted octanol–water partition coefficient (Wildman–Crippen LogP) is 2.01. The third-order valence-electron chi connectivity index (χ3n) is 2.27. The average molecular weight is 230 g/mol. The highest BCUT2D eigenvalue weighted by Crippen LogP contribution is 2.10. The molecule has 0 saturated carbocycles. The number of aromatic nitrogens is 3. The Morgan fingerprint density at radius 2 is 2.18 bits per heavy atom. The first-order valence-electron chi connectivity index (χ1n) is 5.54. The van der Waals surface area contributed by atoms with Crippen molar-refractivity contribution in [3.05, 3.63) is 36.9 Å². The van der Waals surface area contributed by atoms with Crippen molar-refractivity contribution in [2.75, 3.05) is 5.32 Å². The van der Waals surface area contributed by atoms with Gasteiger partial charge in [0, 0.05) is 18.8 Å². The SMILES string of the molecule is CCCC(=O)Nc1cnn(-c2ccncc2)c1. The summed E-state index contributed by atoms with van der Waals surface area (Å²) in [5.41, 5.74) is 1.62. The van der Waals surface area contributed by atoms with Gasteiger partial charge in [-0.2, -0.15) is 5.10 Å². The predicted molar refractivity (Wildman–Crippen MR) is 64.9 cm³/mol. The second-order valence-corrected chi connectivity index (χ2v) is 3.68. The summed E-state index contributed by atoms with van der Waals surface area (Å²) in [4.78, 5) is 15.3. The molecule has 2 rings (SSSR count). The zero-order valence-electron chi connectivity index (χ0n) is 9.63. The van der Waals surface area contributed by atoms with Crippen LogP contribution in [0.5, 0.6) is 0 Å². The lowest BCUT2D eigenvalue weighted by atomic mass is 10.3. The fourth-order valence-corrected chi connectivity index (χ4v) is 1.48. The van der Waals surface area contributed by atoms with E-state index in [0.29, 0.717) is 12.1 Å². The fraction of sp³-hybridized carbons (Fsp3) is 0.250. The van der Waals surface area contributed by atoms with E-state index in [1.54, 1.807) is 29.5 Å². The largest absolute Gasteiger partial charge is 0.323 e. The summed E-state index contributed by atoms with van der Waals surface area (Å²) in [5, 5.41) is 6.97. The van der Waals surface area contributed by atoms with Gasteiger partial charge >= 0.3 is 0 Å². The number of hydrogen-bond donors (Lipinski definition) is 1. The van der Waals surface area contributed by atoms with Crippen molar-refractivity contribution in [1.29, 1.82) is 0 Å². The van der Waals surface area contributed by atoms with Crippen LogP contribution in [-0.4, -0.2) is 20.7 Å². The van der Waals surface area contributed by atoms with Crippen LogP contribution in [0.1, 0.15) is 19.8 Å². The highest BCUT2D eigenvalue weighted by Gasteiger charge is 2.04. The molecule has 0 aliphatic carbocycles. The zero-order chi connectivity index (χ0) is 12.1. The molecule has 0 fully saturated rings. The van der Waals surface area contributed by atoms with Gasteiger partial charge in [-0.3, -0.25) is 9.78 Å². The van der Waals surface area contributed by atoms with E-state index in [1.165, 1.54) is 0 Å². The Morgan fingerprint density at radius 1 is 1.41 bits per heavy atom. The molecule has 0 aliphatic rings. The highest BCUT2D eigenvalue weighted by molar-refractivity contribution is 5.90. The van der Waals surface area contributed by atoms with Gasteiger partial charge in [-0.05, 0) is 18.6 Å². The first-order valence-corrected chi connectivity index (χ1v) is 5.54. The molecule has 2 aromatic heterocycles. The van der Waals surface area contributed by atoms with Gasteiger partial charge in [-0.25, -0.2) is 4.68 Å². The molecule has 0 saturated heterocycles. The van der Waals surface area contributed by atoms with Crippen molar-refractivity contribution < 1.29 is 4.79 Å². The maximum absolute atomic E-state index is 11.4. The van der Waals surface area contributed by atoms with Crippen LogP contribution in [0.25, 0.3) is 5.69 Å². The first-order chi connectivity index (χ1) is 8.29. The molecule has 0 bridgehead atoms. The van der Waals surface area contributed by atoms with Crippen LogP contribution >= 0.6 is 0 Å². The molecule has 5 heteroatoms. The number of carbonyl (C=O) groups is 1. The second-order valence-electron chi connectivity index (χ2n) is 3.68. The number of anilines is 1. The van der Waals surface area contributed by atoms with Gasteiger partial charge in [0.1, 0.15) is 0 Å². The Bertz CT molecular complexity index is 492.